The minimum Gasteiger partial charge on any atom is -0.497 e. The summed E-state index contributed by atoms with van der Waals surface area (Å²) < 4.78 is 5.38. The van der Waals surface area contributed by atoms with Crippen molar-refractivity contribution in [1.82, 2.24) is 4.90 Å². The lowest BCUT2D eigenvalue weighted by Crippen LogP contribution is -2.25. The summed E-state index contributed by atoms with van der Waals surface area (Å²) in [5.41, 5.74) is 4.87. The number of rotatable bonds is 5. The number of hydrogen-bond acceptors (Lipinski definition) is 3. The number of ether oxygens (including phenoxy) is 1. The lowest BCUT2D eigenvalue weighted by Gasteiger charge is -2.25. The van der Waals surface area contributed by atoms with Gasteiger partial charge in [0, 0.05) is 11.1 Å². The highest BCUT2D eigenvalue weighted by molar-refractivity contribution is 6.14. The molecule has 3 heteroatoms. The van der Waals surface area contributed by atoms with Crippen LogP contribution in [0.4, 0.5) is 0 Å². The minimum absolute atomic E-state index is 0.341. The molecule has 0 saturated heterocycles. The standard InChI is InChI=1S/C20H24N2O/c1-22(2)12-11-17-13-15-7-4-5-10-19(15)20(21-17)16-8-6-9-18(14-16)23-3/h4-10,14,17H,11-13H2,1-3H3. The zero-order valence-corrected chi connectivity index (χ0v) is 14.1. The van der Waals surface area contributed by atoms with E-state index in [2.05, 4.69) is 55.4 Å². The molecule has 3 nitrogen and oxygen atoms in total. The van der Waals surface area contributed by atoms with Crippen LogP contribution in [0.3, 0.4) is 0 Å². The Morgan fingerprint density at radius 2 is 1.96 bits per heavy atom. The van der Waals surface area contributed by atoms with E-state index in [0.29, 0.717) is 6.04 Å². The van der Waals surface area contributed by atoms with Crippen molar-refractivity contribution in [1.29, 1.82) is 0 Å². The van der Waals surface area contributed by atoms with Gasteiger partial charge in [0.05, 0.1) is 18.9 Å². The summed E-state index contributed by atoms with van der Waals surface area (Å²) in [6.45, 7) is 1.06. The van der Waals surface area contributed by atoms with Crippen LogP contribution in [0.25, 0.3) is 0 Å². The fourth-order valence-corrected chi connectivity index (χ4v) is 3.06. The predicted molar refractivity (Wildman–Crippen MR) is 95.7 cm³/mol. The van der Waals surface area contributed by atoms with Crippen molar-refractivity contribution < 1.29 is 4.74 Å². The topological polar surface area (TPSA) is 24.8 Å². The summed E-state index contributed by atoms with van der Waals surface area (Å²) in [4.78, 5) is 7.30. The van der Waals surface area contributed by atoms with Crippen molar-refractivity contribution in [3.63, 3.8) is 0 Å². The van der Waals surface area contributed by atoms with E-state index in [1.165, 1.54) is 11.1 Å². The van der Waals surface area contributed by atoms with Crippen molar-refractivity contribution in [3.8, 4) is 5.75 Å². The van der Waals surface area contributed by atoms with Crippen LogP contribution < -0.4 is 4.74 Å². The molecule has 1 atom stereocenters. The quantitative estimate of drug-likeness (QED) is 0.845. The first-order valence-corrected chi connectivity index (χ1v) is 8.12. The normalized spacial score (nSPS) is 16.9. The Morgan fingerprint density at radius 1 is 1.13 bits per heavy atom. The van der Waals surface area contributed by atoms with Crippen LogP contribution in [0.15, 0.2) is 53.5 Å². The Kier molecular flexibility index (Phi) is 4.77. The average molecular weight is 308 g/mol. The van der Waals surface area contributed by atoms with Gasteiger partial charge in [0.1, 0.15) is 5.75 Å². The Bertz CT molecular complexity index is 706. The molecule has 1 aliphatic rings. The highest BCUT2D eigenvalue weighted by Gasteiger charge is 2.22. The number of nitrogens with zero attached hydrogens (tertiary/aromatic N) is 2. The Morgan fingerprint density at radius 3 is 2.74 bits per heavy atom. The summed E-state index contributed by atoms with van der Waals surface area (Å²) in [5, 5.41) is 0. The van der Waals surface area contributed by atoms with Crippen molar-refractivity contribution in [2.45, 2.75) is 18.9 Å². The van der Waals surface area contributed by atoms with Gasteiger partial charge < -0.3 is 9.64 Å². The van der Waals surface area contributed by atoms with Gasteiger partial charge in [-0.2, -0.15) is 0 Å². The van der Waals surface area contributed by atoms with Crippen molar-refractivity contribution in [2.75, 3.05) is 27.7 Å². The lowest BCUT2D eigenvalue weighted by atomic mass is 9.89. The molecule has 23 heavy (non-hydrogen) atoms. The summed E-state index contributed by atoms with van der Waals surface area (Å²) in [5.74, 6) is 0.873. The lowest BCUT2D eigenvalue weighted by molar-refractivity contribution is 0.379. The second kappa shape index (κ2) is 6.97. The van der Waals surface area contributed by atoms with Crippen molar-refractivity contribution in [3.05, 3.63) is 65.2 Å². The fraction of sp³-hybridized carbons (Fsp3) is 0.350. The highest BCUT2D eigenvalue weighted by atomic mass is 16.5. The van der Waals surface area contributed by atoms with Gasteiger partial charge in [-0.1, -0.05) is 36.4 Å². The van der Waals surface area contributed by atoms with E-state index < -0.39 is 0 Å². The van der Waals surface area contributed by atoms with Crippen LogP contribution in [0.1, 0.15) is 23.1 Å². The maximum atomic E-state index is 5.38. The van der Waals surface area contributed by atoms with E-state index in [4.69, 9.17) is 9.73 Å². The SMILES string of the molecule is COc1cccc(C2=NC(CCN(C)C)Cc3ccccc32)c1. The van der Waals surface area contributed by atoms with Gasteiger partial charge in [-0.25, -0.2) is 0 Å². The average Bonchev–Trinajstić information content (AvgIpc) is 2.59. The smallest absolute Gasteiger partial charge is 0.119 e. The third-order valence-corrected chi connectivity index (χ3v) is 4.29. The second-order valence-electron chi connectivity index (χ2n) is 6.32. The zero-order valence-electron chi connectivity index (χ0n) is 14.1. The number of methoxy groups -OCH3 is 1. The maximum Gasteiger partial charge on any atom is 0.119 e. The molecule has 120 valence electrons. The molecule has 0 aliphatic carbocycles. The summed E-state index contributed by atoms with van der Waals surface area (Å²) in [6, 6.07) is 17.2. The van der Waals surface area contributed by atoms with Crippen LogP contribution in [-0.2, 0) is 6.42 Å². The van der Waals surface area contributed by atoms with E-state index in [-0.39, 0.29) is 0 Å². The fourth-order valence-electron chi connectivity index (χ4n) is 3.06. The molecule has 1 heterocycles. The zero-order chi connectivity index (χ0) is 16.2. The third-order valence-electron chi connectivity index (χ3n) is 4.29. The molecule has 0 saturated carbocycles. The Balaban J connectivity index is 1.98. The first kappa shape index (κ1) is 15.8. The van der Waals surface area contributed by atoms with E-state index in [9.17, 15) is 0 Å². The molecule has 2 aromatic carbocycles. The monoisotopic (exact) mass is 308 g/mol. The summed E-state index contributed by atoms with van der Waals surface area (Å²) in [6.07, 6.45) is 2.10. The number of aliphatic imine (C=N–C) groups is 1. The molecule has 0 amide bonds. The van der Waals surface area contributed by atoms with E-state index in [0.717, 1.165) is 36.4 Å². The van der Waals surface area contributed by atoms with Gasteiger partial charge in [0.25, 0.3) is 0 Å². The minimum atomic E-state index is 0.341. The summed E-state index contributed by atoms with van der Waals surface area (Å²) >= 11 is 0. The van der Waals surface area contributed by atoms with Gasteiger partial charge in [-0.05, 0) is 51.2 Å². The maximum absolute atomic E-state index is 5.38. The Labute approximate surface area is 138 Å². The van der Waals surface area contributed by atoms with Gasteiger partial charge in [0.2, 0.25) is 0 Å². The highest BCUT2D eigenvalue weighted by Crippen LogP contribution is 2.26. The molecule has 1 aliphatic heterocycles. The number of benzene rings is 2. The number of fused-ring (bicyclic) bond motifs is 1. The molecule has 0 radical (unpaired) electrons. The molecular formula is C20H24N2O. The predicted octanol–water partition coefficient (Wildman–Crippen LogP) is 3.41. The Hall–Kier alpha value is -2.13. The molecule has 3 rings (SSSR count). The van der Waals surface area contributed by atoms with Crippen LogP contribution in [0, 0.1) is 0 Å². The molecule has 1 unspecified atom stereocenters. The van der Waals surface area contributed by atoms with Crippen molar-refractivity contribution >= 4 is 5.71 Å². The van der Waals surface area contributed by atoms with E-state index >= 15 is 0 Å². The first-order chi connectivity index (χ1) is 11.2. The van der Waals surface area contributed by atoms with E-state index in [1.54, 1.807) is 7.11 Å². The molecule has 0 spiro atoms. The second-order valence-corrected chi connectivity index (χ2v) is 6.32. The van der Waals surface area contributed by atoms with Crippen LogP contribution in [0.2, 0.25) is 0 Å². The van der Waals surface area contributed by atoms with Crippen molar-refractivity contribution in [2.24, 2.45) is 4.99 Å². The van der Waals surface area contributed by atoms with E-state index in [1.807, 2.05) is 12.1 Å². The molecule has 2 aromatic rings. The molecule has 0 fully saturated rings. The first-order valence-electron chi connectivity index (χ1n) is 8.12. The molecule has 0 bridgehead atoms. The van der Waals surface area contributed by atoms with Gasteiger partial charge in [-0.3, -0.25) is 4.99 Å². The summed E-state index contributed by atoms with van der Waals surface area (Å²) in [7, 11) is 5.93. The van der Waals surface area contributed by atoms with Crippen LogP contribution >= 0.6 is 0 Å². The molecule has 0 N–H and O–H groups in total. The molecule has 0 aromatic heterocycles. The van der Waals surface area contributed by atoms with Gasteiger partial charge >= 0.3 is 0 Å². The van der Waals surface area contributed by atoms with Gasteiger partial charge in [-0.15, -0.1) is 0 Å². The number of hydrogen-bond donors (Lipinski definition) is 0. The van der Waals surface area contributed by atoms with Crippen LogP contribution in [-0.4, -0.2) is 44.4 Å². The largest absolute Gasteiger partial charge is 0.497 e. The van der Waals surface area contributed by atoms with Gasteiger partial charge in [0.15, 0.2) is 0 Å². The third kappa shape index (κ3) is 3.62. The van der Waals surface area contributed by atoms with Crippen LogP contribution in [0.5, 0.6) is 5.75 Å². The molecular weight excluding hydrogens is 284 g/mol.